The van der Waals surface area contributed by atoms with Crippen LogP contribution in [0.4, 0.5) is 0 Å². The van der Waals surface area contributed by atoms with Crippen molar-refractivity contribution in [1.29, 1.82) is 0 Å². The Labute approximate surface area is 131 Å². The molecule has 3 aliphatic heterocycles. The van der Waals surface area contributed by atoms with Crippen molar-refractivity contribution in [3.05, 3.63) is 22.5 Å². The molecule has 1 amide bonds. The van der Waals surface area contributed by atoms with Gasteiger partial charge >= 0.3 is 0 Å². The van der Waals surface area contributed by atoms with E-state index >= 15 is 0 Å². The highest BCUT2D eigenvalue weighted by atomic mass is 32.1. The molecule has 5 nitrogen and oxygen atoms in total. The molecule has 3 saturated heterocycles. The van der Waals surface area contributed by atoms with Crippen molar-refractivity contribution in [2.45, 2.75) is 18.9 Å². The number of carbonyl (C=O) groups is 1. The summed E-state index contributed by atoms with van der Waals surface area (Å²) in [5.41, 5.74) is 1.71. The van der Waals surface area contributed by atoms with Crippen LogP contribution in [0, 0.1) is 5.92 Å². The van der Waals surface area contributed by atoms with Crippen molar-refractivity contribution < 1.29 is 4.79 Å². The topological polar surface area (TPSA) is 58.1 Å². The highest BCUT2D eigenvalue weighted by Crippen LogP contribution is 2.30. The van der Waals surface area contributed by atoms with Crippen molar-refractivity contribution in [1.82, 2.24) is 20.4 Å². The molecule has 5 rings (SSSR count). The van der Waals surface area contributed by atoms with Crippen LogP contribution >= 0.6 is 22.7 Å². The molecule has 1 atom stereocenters. The van der Waals surface area contributed by atoms with Crippen LogP contribution < -0.4 is 5.32 Å². The number of fused-ring (bicyclic) bond motifs is 3. The number of carbonyl (C=O) groups excluding carboxylic acids is 1. The average molecular weight is 320 g/mol. The van der Waals surface area contributed by atoms with Gasteiger partial charge in [-0.1, -0.05) is 11.3 Å². The summed E-state index contributed by atoms with van der Waals surface area (Å²) in [6.07, 6.45) is 2.43. The largest absolute Gasteiger partial charge is 0.347 e. The van der Waals surface area contributed by atoms with E-state index in [1.807, 2.05) is 12.1 Å². The number of aromatic nitrogens is 2. The number of piperidine rings is 3. The Morgan fingerprint density at radius 1 is 1.33 bits per heavy atom. The molecule has 0 aromatic carbocycles. The Balaban J connectivity index is 1.46. The van der Waals surface area contributed by atoms with E-state index < -0.39 is 0 Å². The van der Waals surface area contributed by atoms with Crippen LogP contribution in [0.2, 0.25) is 0 Å². The van der Waals surface area contributed by atoms with Gasteiger partial charge in [-0.3, -0.25) is 4.79 Å². The third-order valence-electron chi connectivity index (χ3n) is 4.37. The van der Waals surface area contributed by atoms with E-state index in [-0.39, 0.29) is 5.91 Å². The van der Waals surface area contributed by atoms with Gasteiger partial charge in [0, 0.05) is 12.6 Å². The molecule has 2 aromatic heterocycles. The zero-order valence-electron chi connectivity index (χ0n) is 11.5. The SMILES string of the molecule is O=C(N[C@H]1CN2CCC1CC2)c1ccc(-c2nncs2)s1. The Kier molecular flexibility index (Phi) is 3.48. The molecule has 3 fully saturated rings. The molecule has 1 N–H and O–H groups in total. The van der Waals surface area contributed by atoms with Gasteiger partial charge in [-0.05, 0) is 44.0 Å². The summed E-state index contributed by atoms with van der Waals surface area (Å²) < 4.78 is 0. The monoisotopic (exact) mass is 320 g/mol. The smallest absolute Gasteiger partial charge is 0.261 e. The van der Waals surface area contributed by atoms with E-state index in [0.717, 1.165) is 21.3 Å². The second kappa shape index (κ2) is 5.47. The zero-order valence-corrected chi connectivity index (χ0v) is 13.1. The minimum absolute atomic E-state index is 0.0505. The molecule has 0 spiro atoms. The Bertz CT molecular complexity index is 631. The van der Waals surface area contributed by atoms with Crippen LogP contribution in [0.25, 0.3) is 9.88 Å². The van der Waals surface area contributed by atoms with Gasteiger partial charge in [-0.15, -0.1) is 21.5 Å². The summed E-state index contributed by atoms with van der Waals surface area (Å²) >= 11 is 2.99. The van der Waals surface area contributed by atoms with Crippen LogP contribution in [-0.2, 0) is 0 Å². The van der Waals surface area contributed by atoms with Gasteiger partial charge in [-0.25, -0.2) is 0 Å². The lowest BCUT2D eigenvalue weighted by Crippen LogP contribution is -2.57. The molecule has 0 radical (unpaired) electrons. The number of thiophene rings is 1. The van der Waals surface area contributed by atoms with Crippen LogP contribution in [0.3, 0.4) is 0 Å². The predicted molar refractivity (Wildman–Crippen MR) is 83.6 cm³/mol. The predicted octanol–water partition coefficient (Wildman–Crippen LogP) is 2.09. The summed E-state index contributed by atoms with van der Waals surface area (Å²) in [5.74, 6) is 0.705. The molecular weight excluding hydrogens is 304 g/mol. The second-order valence-electron chi connectivity index (χ2n) is 5.63. The third kappa shape index (κ3) is 2.61. The summed E-state index contributed by atoms with van der Waals surface area (Å²) in [6.45, 7) is 3.39. The number of hydrogen-bond donors (Lipinski definition) is 1. The summed E-state index contributed by atoms with van der Waals surface area (Å²) in [5, 5.41) is 12.0. The molecule has 7 heteroatoms. The number of rotatable bonds is 3. The van der Waals surface area contributed by atoms with Crippen LogP contribution in [0.15, 0.2) is 17.6 Å². The van der Waals surface area contributed by atoms with Crippen molar-refractivity contribution >= 4 is 28.6 Å². The Morgan fingerprint density at radius 3 is 2.86 bits per heavy atom. The molecule has 0 aliphatic carbocycles. The van der Waals surface area contributed by atoms with E-state index in [2.05, 4.69) is 20.4 Å². The van der Waals surface area contributed by atoms with Crippen LogP contribution in [-0.4, -0.2) is 46.7 Å². The maximum absolute atomic E-state index is 12.4. The molecule has 0 unspecified atom stereocenters. The lowest BCUT2D eigenvalue weighted by molar-refractivity contribution is 0.0622. The Morgan fingerprint density at radius 2 is 2.19 bits per heavy atom. The normalized spacial score (nSPS) is 27.7. The van der Waals surface area contributed by atoms with Crippen molar-refractivity contribution in [3.8, 4) is 9.88 Å². The minimum atomic E-state index is 0.0505. The second-order valence-corrected chi connectivity index (χ2v) is 7.54. The van der Waals surface area contributed by atoms with Gasteiger partial charge in [-0.2, -0.15) is 0 Å². The van der Waals surface area contributed by atoms with Gasteiger partial charge in [0.2, 0.25) is 0 Å². The van der Waals surface area contributed by atoms with Gasteiger partial charge < -0.3 is 10.2 Å². The van der Waals surface area contributed by atoms with Crippen molar-refractivity contribution in [2.24, 2.45) is 5.92 Å². The number of hydrogen-bond acceptors (Lipinski definition) is 6. The van der Waals surface area contributed by atoms with Gasteiger partial charge in [0.25, 0.3) is 5.91 Å². The first-order chi connectivity index (χ1) is 10.3. The first-order valence-corrected chi connectivity index (χ1v) is 8.89. The maximum atomic E-state index is 12.4. The minimum Gasteiger partial charge on any atom is -0.347 e. The fraction of sp³-hybridized carbons (Fsp3) is 0.500. The third-order valence-corrected chi connectivity index (χ3v) is 6.32. The molecule has 2 aromatic rings. The molecule has 5 heterocycles. The molecule has 110 valence electrons. The van der Waals surface area contributed by atoms with Gasteiger partial charge in [0.15, 0.2) is 5.01 Å². The summed E-state index contributed by atoms with van der Waals surface area (Å²) in [6, 6.07) is 4.15. The number of nitrogens with one attached hydrogen (secondary N) is 1. The maximum Gasteiger partial charge on any atom is 0.261 e. The van der Waals surface area contributed by atoms with E-state index in [1.54, 1.807) is 5.51 Å². The van der Waals surface area contributed by atoms with Crippen molar-refractivity contribution in [2.75, 3.05) is 19.6 Å². The summed E-state index contributed by atoms with van der Waals surface area (Å²) in [7, 11) is 0. The van der Waals surface area contributed by atoms with Gasteiger partial charge in [0.05, 0.1) is 9.75 Å². The fourth-order valence-corrected chi connectivity index (χ4v) is 4.75. The Hall–Kier alpha value is -1.31. The molecular formula is C14H16N4OS2. The van der Waals surface area contributed by atoms with E-state index in [0.29, 0.717) is 12.0 Å². The first-order valence-electron chi connectivity index (χ1n) is 7.19. The molecule has 0 saturated carbocycles. The zero-order chi connectivity index (χ0) is 14.2. The summed E-state index contributed by atoms with van der Waals surface area (Å²) in [4.78, 5) is 16.6. The molecule has 21 heavy (non-hydrogen) atoms. The lowest BCUT2D eigenvalue weighted by Gasteiger charge is -2.44. The van der Waals surface area contributed by atoms with E-state index in [9.17, 15) is 4.79 Å². The fourth-order valence-electron chi connectivity index (χ4n) is 3.22. The number of nitrogens with zero attached hydrogens (tertiary/aromatic N) is 3. The number of amides is 1. The lowest BCUT2D eigenvalue weighted by atomic mass is 9.84. The highest BCUT2D eigenvalue weighted by molar-refractivity contribution is 7.22. The van der Waals surface area contributed by atoms with E-state index in [1.165, 1.54) is 48.6 Å². The highest BCUT2D eigenvalue weighted by Gasteiger charge is 2.35. The van der Waals surface area contributed by atoms with Crippen LogP contribution in [0.1, 0.15) is 22.5 Å². The first kappa shape index (κ1) is 13.4. The molecule has 3 aliphatic rings. The quantitative estimate of drug-likeness (QED) is 0.941. The molecule has 2 bridgehead atoms. The van der Waals surface area contributed by atoms with Crippen LogP contribution in [0.5, 0.6) is 0 Å². The van der Waals surface area contributed by atoms with Gasteiger partial charge in [0.1, 0.15) is 5.51 Å². The standard InChI is InChI=1S/C14H16N4OS2/c19-13(16-10-7-18-5-3-9(10)4-6-18)11-1-2-12(21-11)14-17-15-8-20-14/h1-2,8-10H,3-7H2,(H,16,19)/t10-/m0/s1. The van der Waals surface area contributed by atoms with Crippen molar-refractivity contribution in [3.63, 3.8) is 0 Å². The average Bonchev–Trinajstić information content (AvgIpc) is 3.20. The van der Waals surface area contributed by atoms with E-state index in [4.69, 9.17) is 0 Å².